The summed E-state index contributed by atoms with van der Waals surface area (Å²) in [4.78, 5) is 15.9. The zero-order valence-corrected chi connectivity index (χ0v) is 15.0. The number of halogens is 1. The summed E-state index contributed by atoms with van der Waals surface area (Å²) in [5.74, 6) is 0.450. The fourth-order valence-corrected chi connectivity index (χ4v) is 2.24. The molecular formula is C17H20BrN3O2. The van der Waals surface area contributed by atoms with Gasteiger partial charge >= 0.3 is 6.09 Å². The summed E-state index contributed by atoms with van der Waals surface area (Å²) >= 11 is 3.52. The molecule has 1 aromatic carbocycles. The van der Waals surface area contributed by atoms with Gasteiger partial charge in [-0.15, -0.1) is 0 Å². The number of benzene rings is 1. The fraction of sp³-hybridized carbons (Fsp3) is 0.294. The smallest absolute Gasteiger partial charge is 0.413 e. The lowest BCUT2D eigenvalue weighted by atomic mass is 10.2. The van der Waals surface area contributed by atoms with Gasteiger partial charge in [0.2, 0.25) is 0 Å². The van der Waals surface area contributed by atoms with Crippen LogP contribution in [0, 0.1) is 0 Å². The maximum atomic E-state index is 11.7. The predicted molar refractivity (Wildman–Crippen MR) is 95.6 cm³/mol. The molecule has 6 heteroatoms. The van der Waals surface area contributed by atoms with Crippen molar-refractivity contribution in [3.8, 4) is 0 Å². The van der Waals surface area contributed by atoms with Crippen molar-refractivity contribution in [2.24, 2.45) is 0 Å². The molecular weight excluding hydrogens is 358 g/mol. The van der Waals surface area contributed by atoms with E-state index in [1.807, 2.05) is 51.1 Å². The van der Waals surface area contributed by atoms with Gasteiger partial charge in [0.1, 0.15) is 11.4 Å². The average molecular weight is 378 g/mol. The van der Waals surface area contributed by atoms with Crippen LogP contribution >= 0.6 is 15.9 Å². The number of aromatic nitrogens is 1. The lowest BCUT2D eigenvalue weighted by Crippen LogP contribution is -2.27. The second kappa shape index (κ2) is 7.46. The summed E-state index contributed by atoms with van der Waals surface area (Å²) in [7, 11) is 0. The fourth-order valence-electron chi connectivity index (χ4n) is 1.82. The first-order valence-corrected chi connectivity index (χ1v) is 8.06. The van der Waals surface area contributed by atoms with Crippen LogP contribution in [0.3, 0.4) is 0 Å². The Hall–Kier alpha value is -2.08. The van der Waals surface area contributed by atoms with Gasteiger partial charge in [-0.05, 0) is 44.5 Å². The standard InChI is InChI=1S/C17H20BrN3O2/c1-17(2,3)23-16(22)21-15-9-8-13(11-20-15)19-10-12-6-4-5-7-14(12)18/h4-9,11,19H,10H2,1-3H3,(H,20,21,22). The van der Waals surface area contributed by atoms with Crippen molar-refractivity contribution in [1.82, 2.24) is 4.98 Å². The lowest BCUT2D eigenvalue weighted by Gasteiger charge is -2.19. The zero-order chi connectivity index (χ0) is 16.9. The van der Waals surface area contributed by atoms with Crippen molar-refractivity contribution < 1.29 is 9.53 Å². The molecule has 1 amide bonds. The third-order valence-electron chi connectivity index (χ3n) is 2.83. The van der Waals surface area contributed by atoms with Gasteiger partial charge in [0.25, 0.3) is 0 Å². The molecule has 1 aromatic heterocycles. The number of pyridine rings is 1. The highest BCUT2D eigenvalue weighted by molar-refractivity contribution is 9.10. The Morgan fingerprint density at radius 1 is 1.22 bits per heavy atom. The highest BCUT2D eigenvalue weighted by atomic mass is 79.9. The molecule has 0 fully saturated rings. The van der Waals surface area contributed by atoms with Crippen LogP contribution in [0.5, 0.6) is 0 Å². The molecule has 0 unspecified atom stereocenters. The van der Waals surface area contributed by atoms with E-state index in [1.54, 1.807) is 12.3 Å². The van der Waals surface area contributed by atoms with Crippen molar-refractivity contribution >= 4 is 33.5 Å². The molecule has 0 bridgehead atoms. The lowest BCUT2D eigenvalue weighted by molar-refractivity contribution is 0.0635. The molecule has 2 rings (SSSR count). The minimum absolute atomic E-state index is 0.450. The summed E-state index contributed by atoms with van der Waals surface area (Å²) in [5, 5.41) is 5.89. The van der Waals surface area contributed by atoms with Crippen molar-refractivity contribution in [2.75, 3.05) is 10.6 Å². The highest BCUT2D eigenvalue weighted by Crippen LogP contribution is 2.18. The van der Waals surface area contributed by atoms with Crippen molar-refractivity contribution in [3.05, 3.63) is 52.6 Å². The molecule has 0 atom stereocenters. The van der Waals surface area contributed by atoms with Gasteiger partial charge in [0, 0.05) is 11.0 Å². The number of anilines is 2. The van der Waals surface area contributed by atoms with Crippen LogP contribution in [0.25, 0.3) is 0 Å². The molecule has 122 valence electrons. The van der Waals surface area contributed by atoms with E-state index in [1.165, 1.54) is 0 Å². The molecule has 23 heavy (non-hydrogen) atoms. The number of amides is 1. The van der Waals surface area contributed by atoms with Gasteiger partial charge < -0.3 is 10.1 Å². The first-order chi connectivity index (χ1) is 10.8. The van der Waals surface area contributed by atoms with Gasteiger partial charge in [0.15, 0.2) is 0 Å². The second-order valence-electron chi connectivity index (χ2n) is 6.00. The molecule has 0 aliphatic carbocycles. The topological polar surface area (TPSA) is 63.2 Å². The molecule has 2 N–H and O–H groups in total. The van der Waals surface area contributed by atoms with Gasteiger partial charge in [-0.25, -0.2) is 9.78 Å². The molecule has 5 nitrogen and oxygen atoms in total. The van der Waals surface area contributed by atoms with E-state index in [9.17, 15) is 4.79 Å². The number of carbonyl (C=O) groups is 1. The average Bonchev–Trinajstić information content (AvgIpc) is 2.46. The summed E-state index contributed by atoms with van der Waals surface area (Å²) in [6, 6.07) is 11.6. The molecule has 0 aliphatic rings. The van der Waals surface area contributed by atoms with E-state index in [0.717, 1.165) is 15.7 Å². The minimum atomic E-state index is -0.533. The van der Waals surface area contributed by atoms with Crippen LogP contribution in [0.1, 0.15) is 26.3 Å². The summed E-state index contributed by atoms with van der Waals surface area (Å²) < 4.78 is 6.24. The summed E-state index contributed by atoms with van der Waals surface area (Å²) in [5.41, 5.74) is 1.49. The number of rotatable bonds is 4. The quantitative estimate of drug-likeness (QED) is 0.802. The van der Waals surface area contributed by atoms with E-state index in [2.05, 4.69) is 31.5 Å². The van der Waals surface area contributed by atoms with Crippen molar-refractivity contribution in [1.29, 1.82) is 0 Å². The number of hydrogen-bond acceptors (Lipinski definition) is 4. The Kier molecular flexibility index (Phi) is 5.60. The van der Waals surface area contributed by atoms with E-state index >= 15 is 0 Å². The second-order valence-corrected chi connectivity index (χ2v) is 6.86. The van der Waals surface area contributed by atoms with Crippen LogP contribution in [-0.2, 0) is 11.3 Å². The van der Waals surface area contributed by atoms with Crippen LogP contribution in [-0.4, -0.2) is 16.7 Å². The molecule has 0 saturated carbocycles. The largest absolute Gasteiger partial charge is 0.444 e. The molecule has 0 radical (unpaired) electrons. The first kappa shape index (κ1) is 17.3. The number of carbonyl (C=O) groups excluding carboxylic acids is 1. The number of hydrogen-bond donors (Lipinski definition) is 2. The normalized spacial score (nSPS) is 11.0. The third-order valence-corrected chi connectivity index (χ3v) is 3.61. The van der Waals surface area contributed by atoms with Crippen LogP contribution in [0.4, 0.5) is 16.3 Å². The predicted octanol–water partition coefficient (Wildman–Crippen LogP) is 4.80. The van der Waals surface area contributed by atoms with Crippen molar-refractivity contribution in [3.63, 3.8) is 0 Å². The van der Waals surface area contributed by atoms with Crippen LogP contribution < -0.4 is 10.6 Å². The number of nitrogens with zero attached hydrogens (tertiary/aromatic N) is 1. The first-order valence-electron chi connectivity index (χ1n) is 7.27. The van der Waals surface area contributed by atoms with Crippen LogP contribution in [0.2, 0.25) is 0 Å². The number of ether oxygens (including phenoxy) is 1. The van der Waals surface area contributed by atoms with Gasteiger partial charge in [-0.1, -0.05) is 34.1 Å². The van der Waals surface area contributed by atoms with Gasteiger partial charge in [0.05, 0.1) is 11.9 Å². The van der Waals surface area contributed by atoms with Gasteiger partial charge in [-0.2, -0.15) is 0 Å². The highest BCUT2D eigenvalue weighted by Gasteiger charge is 2.16. The monoisotopic (exact) mass is 377 g/mol. The SMILES string of the molecule is CC(C)(C)OC(=O)Nc1ccc(NCc2ccccc2Br)cn1. The Morgan fingerprint density at radius 2 is 1.96 bits per heavy atom. The van der Waals surface area contributed by atoms with E-state index in [0.29, 0.717) is 12.4 Å². The van der Waals surface area contributed by atoms with Crippen molar-refractivity contribution in [2.45, 2.75) is 32.9 Å². The van der Waals surface area contributed by atoms with E-state index in [-0.39, 0.29) is 0 Å². The summed E-state index contributed by atoms with van der Waals surface area (Å²) in [6.45, 7) is 6.13. The Bertz CT molecular complexity index is 666. The number of nitrogens with one attached hydrogen (secondary N) is 2. The minimum Gasteiger partial charge on any atom is -0.444 e. The molecule has 2 aromatic rings. The molecule has 0 saturated heterocycles. The van der Waals surface area contributed by atoms with Crippen LogP contribution in [0.15, 0.2) is 47.1 Å². The maximum Gasteiger partial charge on any atom is 0.413 e. The van der Waals surface area contributed by atoms with E-state index < -0.39 is 11.7 Å². The molecule has 0 spiro atoms. The molecule has 0 aliphatic heterocycles. The Balaban J connectivity index is 1.90. The summed E-state index contributed by atoms with van der Waals surface area (Å²) in [6.07, 6.45) is 1.16. The zero-order valence-electron chi connectivity index (χ0n) is 13.4. The van der Waals surface area contributed by atoms with Gasteiger partial charge in [-0.3, -0.25) is 5.32 Å². The molecule has 1 heterocycles. The Morgan fingerprint density at radius 3 is 2.57 bits per heavy atom. The maximum absolute atomic E-state index is 11.7. The Labute approximate surface area is 144 Å². The third kappa shape index (κ3) is 5.90. The van der Waals surface area contributed by atoms with E-state index in [4.69, 9.17) is 4.74 Å².